The van der Waals surface area contributed by atoms with Gasteiger partial charge in [-0.05, 0) is 62.8 Å². The minimum atomic E-state index is -3.61. The Hall–Kier alpha value is -4.12. The van der Waals surface area contributed by atoms with E-state index in [4.69, 9.17) is 19.7 Å². The van der Waals surface area contributed by atoms with Crippen LogP contribution in [0.5, 0.6) is 0 Å². The molecule has 41 heavy (non-hydrogen) atoms. The summed E-state index contributed by atoms with van der Waals surface area (Å²) < 4.78 is 35.8. The molecule has 6 rings (SSSR count). The van der Waals surface area contributed by atoms with Gasteiger partial charge in [0.15, 0.2) is 11.5 Å². The molecule has 9 nitrogen and oxygen atoms in total. The van der Waals surface area contributed by atoms with Crippen molar-refractivity contribution in [2.45, 2.75) is 31.7 Å². The number of fused-ring (bicyclic) bond motifs is 2. The van der Waals surface area contributed by atoms with Gasteiger partial charge in [-0.25, -0.2) is 28.1 Å². The minimum Gasteiger partial charge on any atom is -0.378 e. The molecule has 0 unspecified atom stereocenters. The van der Waals surface area contributed by atoms with Crippen molar-refractivity contribution >= 4 is 44.5 Å². The van der Waals surface area contributed by atoms with E-state index in [1.54, 1.807) is 26.0 Å². The van der Waals surface area contributed by atoms with Crippen LogP contribution in [0.15, 0.2) is 71.9 Å². The topological polar surface area (TPSA) is 102 Å². The number of morpholine rings is 1. The molecule has 0 radical (unpaired) electrons. The normalized spacial score (nSPS) is 14.6. The van der Waals surface area contributed by atoms with Crippen LogP contribution in [0.25, 0.3) is 40.0 Å². The first-order valence-corrected chi connectivity index (χ1v) is 15.1. The molecule has 3 aromatic heterocycles. The molecule has 1 fully saturated rings. The molecule has 0 atom stereocenters. The molecule has 0 amide bonds. The van der Waals surface area contributed by atoms with Crippen LogP contribution in [0.3, 0.4) is 0 Å². The summed E-state index contributed by atoms with van der Waals surface area (Å²) in [7, 11) is -3.61. The number of aryl methyl sites for hydroxylation is 1. The van der Waals surface area contributed by atoms with E-state index < -0.39 is 10.0 Å². The van der Waals surface area contributed by atoms with Crippen LogP contribution < -0.4 is 9.62 Å². The number of imidazole rings is 1. The van der Waals surface area contributed by atoms with Crippen LogP contribution in [0.1, 0.15) is 30.8 Å². The van der Waals surface area contributed by atoms with Gasteiger partial charge in [-0.1, -0.05) is 30.3 Å². The first kappa shape index (κ1) is 27.1. The van der Waals surface area contributed by atoms with Crippen LogP contribution >= 0.6 is 0 Å². The standard InChI is InChI=1S/C31H32N6O3S/c1-21(2)35-41(38,39)26-12-13-27(22(3)18-26)29-19-32-30(36-14-16-40-17-15-36)31-34-25(20-37(29)31)11-10-24-9-8-23-6-4-5-7-28(23)33-24/h4-13,18-21,35H,14-17H2,1-3H3/b11-10+. The Bertz CT molecular complexity index is 1870. The molecular weight excluding hydrogens is 536 g/mol. The first-order chi connectivity index (χ1) is 19.8. The van der Waals surface area contributed by atoms with Crippen molar-refractivity contribution in [3.05, 3.63) is 83.9 Å². The zero-order valence-corrected chi connectivity index (χ0v) is 24.1. The van der Waals surface area contributed by atoms with Gasteiger partial charge in [-0.3, -0.25) is 4.40 Å². The highest BCUT2D eigenvalue weighted by Crippen LogP contribution is 2.30. The maximum atomic E-state index is 12.8. The number of hydrogen-bond acceptors (Lipinski definition) is 7. The number of hydrogen-bond donors (Lipinski definition) is 1. The van der Waals surface area contributed by atoms with E-state index >= 15 is 0 Å². The van der Waals surface area contributed by atoms with Crippen molar-refractivity contribution in [1.29, 1.82) is 0 Å². The third-order valence-corrected chi connectivity index (χ3v) is 8.68. The smallest absolute Gasteiger partial charge is 0.240 e. The summed E-state index contributed by atoms with van der Waals surface area (Å²) >= 11 is 0. The zero-order chi connectivity index (χ0) is 28.6. The van der Waals surface area contributed by atoms with Gasteiger partial charge >= 0.3 is 0 Å². The maximum absolute atomic E-state index is 12.8. The molecule has 0 bridgehead atoms. The summed E-state index contributed by atoms with van der Waals surface area (Å²) in [6.07, 6.45) is 7.73. The number of nitrogens with zero attached hydrogens (tertiary/aromatic N) is 5. The molecule has 1 N–H and O–H groups in total. The number of ether oxygens (including phenoxy) is 1. The molecule has 10 heteroatoms. The second-order valence-electron chi connectivity index (χ2n) is 10.4. The summed E-state index contributed by atoms with van der Waals surface area (Å²) in [5.41, 5.74) is 5.81. The highest BCUT2D eigenvalue weighted by atomic mass is 32.2. The van der Waals surface area contributed by atoms with Gasteiger partial charge in [0, 0.05) is 36.3 Å². The van der Waals surface area contributed by atoms with Gasteiger partial charge in [0.25, 0.3) is 0 Å². The lowest BCUT2D eigenvalue weighted by atomic mass is 10.1. The maximum Gasteiger partial charge on any atom is 0.240 e. The Balaban J connectivity index is 1.42. The summed E-state index contributed by atoms with van der Waals surface area (Å²) in [6.45, 7) is 8.25. The van der Waals surface area contributed by atoms with E-state index in [-0.39, 0.29) is 10.9 Å². The number of para-hydroxylation sites is 1. The predicted molar refractivity (Wildman–Crippen MR) is 162 cm³/mol. The van der Waals surface area contributed by atoms with Gasteiger partial charge in [-0.15, -0.1) is 0 Å². The lowest BCUT2D eigenvalue weighted by molar-refractivity contribution is 0.122. The third kappa shape index (κ3) is 5.58. The number of benzene rings is 2. The molecule has 1 aliphatic heterocycles. The Morgan fingerprint density at radius 1 is 0.976 bits per heavy atom. The van der Waals surface area contributed by atoms with E-state index in [0.717, 1.165) is 63.7 Å². The second kappa shape index (κ2) is 11.0. The van der Waals surface area contributed by atoms with Gasteiger partial charge in [0.05, 0.1) is 46.9 Å². The fraction of sp³-hybridized carbons (Fsp3) is 0.258. The summed E-state index contributed by atoms with van der Waals surface area (Å²) in [4.78, 5) is 17.0. The SMILES string of the molecule is Cc1cc(S(=O)(=O)NC(C)C)ccc1-c1cnc(N2CCOCC2)c2nc(/C=C/c3ccc4ccccc4n3)cn12. The largest absolute Gasteiger partial charge is 0.378 e. The average Bonchev–Trinajstić information content (AvgIpc) is 3.40. The lowest BCUT2D eigenvalue weighted by Crippen LogP contribution is -2.37. The number of nitrogens with one attached hydrogen (secondary N) is 1. The van der Waals surface area contributed by atoms with Crippen molar-refractivity contribution in [3.8, 4) is 11.3 Å². The Morgan fingerprint density at radius 2 is 1.76 bits per heavy atom. The third-order valence-electron chi connectivity index (χ3n) is 7.02. The quantitative estimate of drug-likeness (QED) is 0.297. The van der Waals surface area contributed by atoms with Gasteiger partial charge in [-0.2, -0.15) is 0 Å². The Morgan fingerprint density at radius 3 is 2.54 bits per heavy atom. The lowest BCUT2D eigenvalue weighted by Gasteiger charge is -2.28. The van der Waals surface area contributed by atoms with Crippen LogP contribution in [0.2, 0.25) is 0 Å². The highest BCUT2D eigenvalue weighted by molar-refractivity contribution is 7.89. The minimum absolute atomic E-state index is 0.196. The first-order valence-electron chi connectivity index (χ1n) is 13.7. The van der Waals surface area contributed by atoms with E-state index in [0.29, 0.717) is 13.2 Å². The van der Waals surface area contributed by atoms with Crippen molar-refractivity contribution in [3.63, 3.8) is 0 Å². The molecule has 210 valence electrons. The van der Waals surface area contributed by atoms with Crippen LogP contribution in [0.4, 0.5) is 5.82 Å². The number of anilines is 1. The molecule has 2 aromatic carbocycles. The zero-order valence-electron chi connectivity index (χ0n) is 23.3. The predicted octanol–water partition coefficient (Wildman–Crippen LogP) is 4.95. The van der Waals surface area contributed by atoms with Crippen LogP contribution in [0, 0.1) is 6.92 Å². The second-order valence-corrected chi connectivity index (χ2v) is 12.2. The molecule has 1 saturated heterocycles. The van der Waals surface area contributed by atoms with Crippen molar-refractivity contribution < 1.29 is 13.2 Å². The van der Waals surface area contributed by atoms with Crippen LogP contribution in [-0.4, -0.2) is 60.1 Å². The molecule has 0 aliphatic carbocycles. The molecule has 1 aliphatic rings. The van der Waals surface area contributed by atoms with Crippen molar-refractivity contribution in [1.82, 2.24) is 24.1 Å². The van der Waals surface area contributed by atoms with Gasteiger partial charge < -0.3 is 9.64 Å². The fourth-order valence-corrected chi connectivity index (χ4v) is 6.41. The van der Waals surface area contributed by atoms with Gasteiger partial charge in [0.1, 0.15) is 0 Å². The van der Waals surface area contributed by atoms with Crippen molar-refractivity contribution in [2.24, 2.45) is 0 Å². The number of pyridine rings is 1. The van der Waals surface area contributed by atoms with Crippen molar-refractivity contribution in [2.75, 3.05) is 31.2 Å². The molecular formula is C31H32N6O3S. The summed E-state index contributed by atoms with van der Waals surface area (Å²) in [5, 5.41) is 1.09. The Kier molecular flexibility index (Phi) is 7.29. The molecule has 5 aromatic rings. The number of rotatable bonds is 7. The number of aromatic nitrogens is 4. The average molecular weight is 569 g/mol. The molecule has 0 saturated carbocycles. The summed E-state index contributed by atoms with van der Waals surface area (Å²) in [5.74, 6) is 0.790. The fourth-order valence-electron chi connectivity index (χ4n) is 5.07. The van der Waals surface area contributed by atoms with E-state index in [2.05, 4.69) is 15.7 Å². The summed E-state index contributed by atoms with van der Waals surface area (Å²) in [6, 6.07) is 17.1. The molecule has 0 spiro atoms. The van der Waals surface area contributed by atoms with E-state index in [1.807, 2.05) is 72.3 Å². The van der Waals surface area contributed by atoms with E-state index in [1.165, 1.54) is 0 Å². The van der Waals surface area contributed by atoms with Gasteiger partial charge in [0.2, 0.25) is 10.0 Å². The molecule has 4 heterocycles. The monoisotopic (exact) mass is 568 g/mol. The number of sulfonamides is 1. The highest BCUT2D eigenvalue weighted by Gasteiger charge is 2.21. The van der Waals surface area contributed by atoms with Crippen LogP contribution in [-0.2, 0) is 14.8 Å². The Labute approximate surface area is 239 Å². The van der Waals surface area contributed by atoms with E-state index in [9.17, 15) is 8.42 Å².